The van der Waals surface area contributed by atoms with Crippen molar-refractivity contribution in [1.29, 1.82) is 0 Å². The van der Waals surface area contributed by atoms with Crippen LogP contribution in [0.25, 0.3) is 22.4 Å². The topological polar surface area (TPSA) is 27.1 Å². The highest BCUT2D eigenvalue weighted by Gasteiger charge is 2.14. The highest BCUT2D eigenvalue weighted by molar-refractivity contribution is 6.31. The van der Waals surface area contributed by atoms with Crippen LogP contribution in [0.1, 0.15) is 5.56 Å². The van der Waals surface area contributed by atoms with E-state index in [1.54, 1.807) is 4.73 Å². The molecule has 0 fully saturated rings. The summed E-state index contributed by atoms with van der Waals surface area (Å²) in [4.78, 5) is 10.8. The molecule has 3 nitrogen and oxygen atoms in total. The largest absolute Gasteiger partial charge is 0.407 e. The number of nitrogens with zero attached hydrogens (tertiary/aromatic N) is 2. The number of hydrogen-bond donors (Lipinski definition) is 0. The van der Waals surface area contributed by atoms with E-state index < -0.39 is 0 Å². The Hall–Kier alpha value is -2.49. The summed E-state index contributed by atoms with van der Waals surface area (Å²) in [7, 11) is 0. The summed E-state index contributed by atoms with van der Waals surface area (Å²) in [6.45, 7) is 0.398. The van der Waals surface area contributed by atoms with Gasteiger partial charge in [0.05, 0.1) is 5.52 Å². The van der Waals surface area contributed by atoms with E-state index in [1.807, 2.05) is 72.8 Å². The van der Waals surface area contributed by atoms with Crippen LogP contribution in [0.4, 0.5) is 0 Å². The van der Waals surface area contributed by atoms with Crippen LogP contribution in [-0.4, -0.2) is 9.71 Å². The van der Waals surface area contributed by atoms with Crippen LogP contribution in [0.5, 0.6) is 0 Å². The van der Waals surface area contributed by atoms with Crippen LogP contribution in [0.3, 0.4) is 0 Å². The summed E-state index contributed by atoms with van der Waals surface area (Å²) in [5.41, 5.74) is 3.66. The van der Waals surface area contributed by atoms with Crippen molar-refractivity contribution in [2.24, 2.45) is 0 Å². The summed E-state index contributed by atoms with van der Waals surface area (Å²) < 4.78 is 1.74. The van der Waals surface area contributed by atoms with Crippen LogP contribution in [0.15, 0.2) is 72.8 Å². The van der Waals surface area contributed by atoms with Crippen molar-refractivity contribution < 1.29 is 4.84 Å². The fraction of sp³-hybridized carbons (Fsp3) is 0.0500. The molecule has 0 saturated carbocycles. The first-order valence-corrected chi connectivity index (χ1v) is 8.57. The Morgan fingerprint density at radius 2 is 1.56 bits per heavy atom. The minimum Gasteiger partial charge on any atom is -0.407 e. The summed E-state index contributed by atoms with van der Waals surface area (Å²) >= 11 is 12.1. The lowest BCUT2D eigenvalue weighted by atomic mass is 10.2. The van der Waals surface area contributed by atoms with Crippen molar-refractivity contribution in [3.8, 4) is 11.4 Å². The number of aromatic nitrogens is 2. The van der Waals surface area contributed by atoms with Gasteiger partial charge in [0.2, 0.25) is 0 Å². The van der Waals surface area contributed by atoms with E-state index >= 15 is 0 Å². The average molecular weight is 369 g/mol. The smallest absolute Gasteiger partial charge is 0.176 e. The molecule has 0 aliphatic heterocycles. The molecule has 124 valence electrons. The second kappa shape index (κ2) is 6.79. The molecule has 0 radical (unpaired) electrons. The van der Waals surface area contributed by atoms with E-state index in [1.165, 1.54) is 0 Å². The Morgan fingerprint density at radius 1 is 0.840 bits per heavy atom. The molecular weight excluding hydrogens is 355 g/mol. The molecule has 0 bridgehead atoms. The fourth-order valence-electron chi connectivity index (χ4n) is 2.65. The van der Waals surface area contributed by atoms with Crippen LogP contribution >= 0.6 is 23.2 Å². The van der Waals surface area contributed by atoms with Gasteiger partial charge in [-0.05, 0) is 35.9 Å². The van der Waals surface area contributed by atoms with Crippen molar-refractivity contribution in [2.45, 2.75) is 6.61 Å². The summed E-state index contributed by atoms with van der Waals surface area (Å²) in [5, 5.41) is 1.34. The van der Waals surface area contributed by atoms with Gasteiger partial charge in [0.25, 0.3) is 0 Å². The molecule has 1 heterocycles. The molecule has 0 aliphatic rings. The average Bonchev–Trinajstić information content (AvgIpc) is 3.00. The molecule has 4 aromatic rings. The van der Waals surface area contributed by atoms with E-state index in [-0.39, 0.29) is 0 Å². The Morgan fingerprint density at radius 3 is 2.32 bits per heavy atom. The number of benzene rings is 3. The van der Waals surface area contributed by atoms with Gasteiger partial charge in [-0.25, -0.2) is 4.98 Å². The second-order valence-corrected chi connectivity index (χ2v) is 6.50. The third-order valence-electron chi connectivity index (χ3n) is 3.88. The second-order valence-electron chi connectivity index (χ2n) is 5.63. The molecule has 3 aromatic carbocycles. The van der Waals surface area contributed by atoms with E-state index in [9.17, 15) is 0 Å². The Labute approximate surface area is 155 Å². The summed E-state index contributed by atoms with van der Waals surface area (Å²) in [6, 6.07) is 23.1. The number of halogens is 2. The van der Waals surface area contributed by atoms with Gasteiger partial charge in [-0.1, -0.05) is 65.7 Å². The predicted molar refractivity (Wildman–Crippen MR) is 102 cm³/mol. The molecule has 4 rings (SSSR count). The van der Waals surface area contributed by atoms with Crippen LogP contribution in [-0.2, 0) is 6.61 Å². The quantitative estimate of drug-likeness (QED) is 0.466. The molecule has 25 heavy (non-hydrogen) atoms. The number of imidazole rings is 1. The normalized spacial score (nSPS) is 11.0. The first-order chi connectivity index (χ1) is 12.2. The van der Waals surface area contributed by atoms with Gasteiger partial charge in [0.1, 0.15) is 12.1 Å². The maximum atomic E-state index is 6.17. The molecule has 5 heteroatoms. The highest BCUT2D eigenvalue weighted by atomic mass is 35.5. The lowest BCUT2D eigenvalue weighted by Crippen LogP contribution is -2.12. The highest BCUT2D eigenvalue weighted by Crippen LogP contribution is 2.26. The first kappa shape index (κ1) is 16.0. The third kappa shape index (κ3) is 3.34. The number of fused-ring (bicyclic) bond motifs is 1. The van der Waals surface area contributed by atoms with E-state index in [4.69, 9.17) is 33.0 Å². The molecule has 0 spiro atoms. The Balaban J connectivity index is 1.76. The first-order valence-electron chi connectivity index (χ1n) is 7.82. The molecule has 0 N–H and O–H groups in total. The van der Waals surface area contributed by atoms with Gasteiger partial charge < -0.3 is 4.84 Å². The summed E-state index contributed by atoms with van der Waals surface area (Å²) in [5.74, 6) is 0.742. The van der Waals surface area contributed by atoms with Crippen molar-refractivity contribution in [3.05, 3.63) is 88.4 Å². The predicted octanol–water partition coefficient (Wildman–Crippen LogP) is 5.64. The zero-order valence-corrected chi connectivity index (χ0v) is 14.7. The minimum atomic E-state index is 0.398. The molecule has 0 aliphatic carbocycles. The zero-order chi connectivity index (χ0) is 17.2. The van der Waals surface area contributed by atoms with Crippen molar-refractivity contribution in [2.75, 3.05) is 0 Å². The summed E-state index contributed by atoms with van der Waals surface area (Å²) in [6.07, 6.45) is 0. The van der Waals surface area contributed by atoms with Gasteiger partial charge in [-0.2, -0.15) is 4.73 Å². The number of rotatable bonds is 4. The van der Waals surface area contributed by atoms with E-state index in [2.05, 4.69) is 0 Å². The van der Waals surface area contributed by atoms with Crippen LogP contribution in [0, 0.1) is 0 Å². The van der Waals surface area contributed by atoms with Gasteiger partial charge in [-0.3, -0.25) is 0 Å². The van der Waals surface area contributed by atoms with Gasteiger partial charge in [0, 0.05) is 15.6 Å². The Bertz CT molecular complexity index is 1010. The third-order valence-corrected chi connectivity index (χ3v) is 4.37. The number of hydrogen-bond acceptors (Lipinski definition) is 2. The zero-order valence-electron chi connectivity index (χ0n) is 13.2. The molecule has 1 aromatic heterocycles. The maximum absolute atomic E-state index is 6.17. The van der Waals surface area contributed by atoms with Crippen LogP contribution < -0.4 is 4.84 Å². The van der Waals surface area contributed by atoms with E-state index in [0.717, 1.165) is 28.0 Å². The van der Waals surface area contributed by atoms with E-state index in [0.29, 0.717) is 16.7 Å². The molecule has 0 unspecified atom stereocenters. The fourth-order valence-corrected chi connectivity index (χ4v) is 2.94. The lowest BCUT2D eigenvalue weighted by Gasteiger charge is -2.11. The van der Waals surface area contributed by atoms with Crippen molar-refractivity contribution in [3.63, 3.8) is 0 Å². The van der Waals surface area contributed by atoms with Crippen LogP contribution in [0.2, 0.25) is 10.0 Å². The standard InChI is InChI=1S/C20H14Cl2N2O/c21-16-8-6-14(7-9-16)13-25-24-19-12-17(22)10-11-18(19)23-20(24)15-4-2-1-3-5-15/h1-12H,13H2. The monoisotopic (exact) mass is 368 g/mol. The SMILES string of the molecule is Clc1ccc(COn2c(-c3ccccc3)nc3ccc(Cl)cc32)cc1. The molecule has 0 saturated heterocycles. The van der Waals surface area contributed by atoms with Gasteiger partial charge >= 0.3 is 0 Å². The van der Waals surface area contributed by atoms with Gasteiger partial charge in [-0.15, -0.1) is 0 Å². The molecule has 0 amide bonds. The van der Waals surface area contributed by atoms with Crippen molar-refractivity contribution in [1.82, 2.24) is 9.71 Å². The Kier molecular flexibility index (Phi) is 4.35. The van der Waals surface area contributed by atoms with Crippen molar-refractivity contribution >= 4 is 34.2 Å². The minimum absolute atomic E-state index is 0.398. The molecular formula is C20H14Cl2N2O. The lowest BCUT2D eigenvalue weighted by molar-refractivity contribution is 0.110. The maximum Gasteiger partial charge on any atom is 0.176 e. The molecule has 0 atom stereocenters. The van der Waals surface area contributed by atoms with Gasteiger partial charge in [0.15, 0.2) is 5.82 Å².